The highest BCUT2D eigenvalue weighted by atomic mass is 16.5. The number of benzene rings is 1. The predicted molar refractivity (Wildman–Crippen MR) is 156 cm³/mol. The summed E-state index contributed by atoms with van der Waals surface area (Å²) in [5.74, 6) is 1.39. The highest BCUT2D eigenvalue weighted by molar-refractivity contribution is 5.79. The average Bonchev–Trinajstić information content (AvgIpc) is 2.87. The highest BCUT2D eigenvalue weighted by Crippen LogP contribution is 2.32. The molecule has 0 spiro atoms. The Morgan fingerprint density at radius 2 is 1.67 bits per heavy atom. The molecule has 1 rings (SSSR count). The van der Waals surface area contributed by atoms with Crippen molar-refractivity contribution in [1.29, 1.82) is 0 Å². The molecule has 0 aliphatic rings. The zero-order chi connectivity index (χ0) is 29.8. The van der Waals surface area contributed by atoms with Crippen molar-refractivity contribution in [2.45, 2.75) is 85.6 Å². The van der Waals surface area contributed by atoms with Crippen LogP contribution < -0.4 is 26.3 Å². The van der Waals surface area contributed by atoms with E-state index in [0.717, 1.165) is 18.4 Å². The standard InChI is InChI=1S/C30H55N3O6/c1-19(2)22(14-21-10-11-26(38-8)27(15-21)39-13-9-12-37-7)16-24(31)25(34)17-23(20(3)4)28(35)33-18-30(5,6)29(32)36/h10-11,15,19-20,22-25,29,34,36H,9,12-14,16-18,31-32H2,1-8H3,(H,33,35)/t22-,23-,24-,25-,29?/m0/s1. The molecule has 0 heterocycles. The molecule has 9 heteroatoms. The van der Waals surface area contributed by atoms with E-state index in [1.165, 1.54) is 0 Å². The number of hydrogen-bond donors (Lipinski definition) is 5. The number of carbonyl (C=O) groups excluding carboxylic acids is 1. The molecule has 0 saturated heterocycles. The van der Waals surface area contributed by atoms with E-state index in [4.69, 9.17) is 25.7 Å². The fraction of sp³-hybridized carbons (Fsp3) is 0.767. The maximum Gasteiger partial charge on any atom is 0.223 e. The Kier molecular flexibility index (Phi) is 15.3. The van der Waals surface area contributed by atoms with Gasteiger partial charge in [0.25, 0.3) is 0 Å². The quantitative estimate of drug-likeness (QED) is 0.130. The first-order chi connectivity index (χ1) is 18.2. The molecule has 0 bridgehead atoms. The van der Waals surface area contributed by atoms with Crippen molar-refractivity contribution in [1.82, 2.24) is 5.32 Å². The monoisotopic (exact) mass is 553 g/mol. The third-order valence-corrected chi connectivity index (χ3v) is 7.64. The summed E-state index contributed by atoms with van der Waals surface area (Å²) in [6.45, 7) is 13.2. The Hall–Kier alpha value is -1.91. The van der Waals surface area contributed by atoms with Crippen molar-refractivity contribution >= 4 is 5.91 Å². The Balaban J connectivity index is 2.86. The normalized spacial score (nSPS) is 16.1. The van der Waals surface area contributed by atoms with Crippen LogP contribution in [0.3, 0.4) is 0 Å². The van der Waals surface area contributed by atoms with Crippen LogP contribution in [-0.4, -0.2) is 68.5 Å². The number of ether oxygens (including phenoxy) is 3. The van der Waals surface area contributed by atoms with Crippen LogP contribution in [0.4, 0.5) is 0 Å². The van der Waals surface area contributed by atoms with E-state index in [0.29, 0.717) is 37.1 Å². The lowest BCUT2D eigenvalue weighted by Gasteiger charge is -2.31. The second-order valence-electron chi connectivity index (χ2n) is 12.1. The smallest absolute Gasteiger partial charge is 0.223 e. The average molecular weight is 554 g/mol. The van der Waals surface area contributed by atoms with Crippen molar-refractivity contribution in [2.75, 3.05) is 34.0 Å². The summed E-state index contributed by atoms with van der Waals surface area (Å²) < 4.78 is 16.5. The topological polar surface area (TPSA) is 149 Å². The van der Waals surface area contributed by atoms with Crippen LogP contribution >= 0.6 is 0 Å². The largest absolute Gasteiger partial charge is 0.493 e. The van der Waals surface area contributed by atoms with Gasteiger partial charge in [-0.2, -0.15) is 0 Å². The van der Waals surface area contributed by atoms with E-state index in [1.54, 1.807) is 28.1 Å². The second-order valence-corrected chi connectivity index (χ2v) is 12.1. The first kappa shape index (κ1) is 35.1. The van der Waals surface area contributed by atoms with Crippen molar-refractivity contribution < 1.29 is 29.2 Å². The summed E-state index contributed by atoms with van der Waals surface area (Å²) in [5.41, 5.74) is 12.6. The fourth-order valence-corrected chi connectivity index (χ4v) is 4.41. The van der Waals surface area contributed by atoms with Crippen molar-refractivity contribution in [3.63, 3.8) is 0 Å². The molecule has 0 fully saturated rings. The van der Waals surface area contributed by atoms with Crippen LogP contribution in [0, 0.1) is 29.1 Å². The molecule has 9 nitrogen and oxygen atoms in total. The molecule has 0 radical (unpaired) electrons. The molecule has 0 aliphatic heterocycles. The molecule has 0 aromatic heterocycles. The van der Waals surface area contributed by atoms with Gasteiger partial charge in [0.2, 0.25) is 5.91 Å². The molecular weight excluding hydrogens is 498 g/mol. The molecule has 1 unspecified atom stereocenters. The van der Waals surface area contributed by atoms with Gasteiger partial charge in [-0.1, -0.05) is 47.6 Å². The van der Waals surface area contributed by atoms with Crippen LogP contribution in [0.2, 0.25) is 0 Å². The molecular formula is C30H55N3O6. The minimum atomic E-state index is -1.05. The minimum Gasteiger partial charge on any atom is -0.493 e. The number of methoxy groups -OCH3 is 2. The van der Waals surface area contributed by atoms with Crippen molar-refractivity contribution in [3.8, 4) is 11.5 Å². The number of hydrogen-bond acceptors (Lipinski definition) is 8. The second kappa shape index (κ2) is 17.0. The Bertz CT molecular complexity index is 846. The summed E-state index contributed by atoms with van der Waals surface area (Å²) in [4.78, 5) is 13.0. The first-order valence-corrected chi connectivity index (χ1v) is 14.2. The lowest BCUT2D eigenvalue weighted by molar-refractivity contribution is -0.128. The van der Waals surface area contributed by atoms with E-state index in [-0.39, 0.29) is 30.7 Å². The third kappa shape index (κ3) is 12.0. The molecule has 0 saturated carbocycles. The summed E-state index contributed by atoms with van der Waals surface area (Å²) in [6, 6.07) is 5.50. The van der Waals surface area contributed by atoms with E-state index in [9.17, 15) is 15.0 Å². The summed E-state index contributed by atoms with van der Waals surface area (Å²) in [6.07, 6.45) is 0.574. The van der Waals surface area contributed by atoms with Crippen LogP contribution in [-0.2, 0) is 16.0 Å². The van der Waals surface area contributed by atoms with E-state index >= 15 is 0 Å². The highest BCUT2D eigenvalue weighted by Gasteiger charge is 2.32. The summed E-state index contributed by atoms with van der Waals surface area (Å²) >= 11 is 0. The number of rotatable bonds is 19. The van der Waals surface area contributed by atoms with Gasteiger partial charge < -0.3 is 41.2 Å². The van der Waals surface area contributed by atoms with Gasteiger partial charge in [0.1, 0.15) is 6.23 Å². The SMILES string of the molecule is COCCCOc1cc(C[C@@H](C[C@H](N)[C@@H](O)C[C@H](C(=O)NCC(C)(C)C(N)O)C(C)C)C(C)C)ccc1OC. The zero-order valence-corrected chi connectivity index (χ0v) is 25.4. The maximum atomic E-state index is 13.0. The molecule has 1 amide bonds. The molecule has 39 heavy (non-hydrogen) atoms. The lowest BCUT2D eigenvalue weighted by atomic mass is 9.80. The van der Waals surface area contributed by atoms with Gasteiger partial charge in [0, 0.05) is 44.1 Å². The number of aliphatic hydroxyl groups excluding tert-OH is 2. The van der Waals surface area contributed by atoms with Crippen LogP contribution in [0.25, 0.3) is 0 Å². The number of amides is 1. The fourth-order valence-electron chi connectivity index (χ4n) is 4.41. The van der Waals surface area contributed by atoms with Gasteiger partial charge in [-0.25, -0.2) is 0 Å². The molecule has 0 aliphatic carbocycles. The first-order valence-electron chi connectivity index (χ1n) is 14.2. The van der Waals surface area contributed by atoms with Crippen LogP contribution in [0.1, 0.15) is 66.4 Å². The van der Waals surface area contributed by atoms with Gasteiger partial charge in [0.15, 0.2) is 11.5 Å². The van der Waals surface area contributed by atoms with Gasteiger partial charge in [-0.05, 0) is 54.7 Å². The zero-order valence-electron chi connectivity index (χ0n) is 25.4. The summed E-state index contributed by atoms with van der Waals surface area (Å²) in [7, 11) is 3.30. The number of nitrogens with one attached hydrogen (secondary N) is 1. The van der Waals surface area contributed by atoms with Crippen LogP contribution in [0.15, 0.2) is 18.2 Å². The Labute approximate surface area is 236 Å². The molecule has 7 N–H and O–H groups in total. The van der Waals surface area contributed by atoms with E-state index in [2.05, 4.69) is 19.2 Å². The molecule has 5 atom stereocenters. The van der Waals surface area contributed by atoms with Crippen LogP contribution in [0.5, 0.6) is 11.5 Å². The predicted octanol–water partition coefficient (Wildman–Crippen LogP) is 3.09. The molecule has 226 valence electrons. The van der Waals surface area contributed by atoms with Crippen molar-refractivity contribution in [3.05, 3.63) is 23.8 Å². The molecule has 1 aromatic rings. The number of nitrogens with two attached hydrogens (primary N) is 2. The molecule has 1 aromatic carbocycles. The van der Waals surface area contributed by atoms with Gasteiger partial charge in [-0.3, -0.25) is 4.79 Å². The van der Waals surface area contributed by atoms with Gasteiger partial charge >= 0.3 is 0 Å². The number of aliphatic hydroxyl groups is 2. The van der Waals surface area contributed by atoms with Gasteiger partial charge in [0.05, 0.1) is 19.8 Å². The summed E-state index contributed by atoms with van der Waals surface area (Å²) in [5, 5.41) is 23.7. The van der Waals surface area contributed by atoms with E-state index in [1.807, 2.05) is 32.0 Å². The minimum absolute atomic E-state index is 0.0141. The Morgan fingerprint density at radius 1 is 1.00 bits per heavy atom. The van der Waals surface area contributed by atoms with E-state index < -0.39 is 29.7 Å². The number of carbonyl (C=O) groups is 1. The lowest BCUT2D eigenvalue weighted by Crippen LogP contribution is -2.48. The Morgan fingerprint density at radius 3 is 2.21 bits per heavy atom. The van der Waals surface area contributed by atoms with Crippen molar-refractivity contribution in [2.24, 2.45) is 40.6 Å². The third-order valence-electron chi connectivity index (χ3n) is 7.64. The van der Waals surface area contributed by atoms with Gasteiger partial charge in [-0.15, -0.1) is 0 Å². The maximum absolute atomic E-state index is 13.0.